The van der Waals surface area contributed by atoms with Gasteiger partial charge in [0.1, 0.15) is 5.75 Å². The molecule has 3 rings (SSSR count). The number of ether oxygens (including phenoxy) is 1. The summed E-state index contributed by atoms with van der Waals surface area (Å²) in [6.45, 7) is 9.37. The Morgan fingerprint density at radius 3 is 2.59 bits per heavy atom. The van der Waals surface area contributed by atoms with Gasteiger partial charge < -0.3 is 25.6 Å². The molecule has 0 aliphatic carbocycles. The number of hydrogen-bond acceptors (Lipinski definition) is 5. The summed E-state index contributed by atoms with van der Waals surface area (Å²) < 4.78 is 5.20. The number of piperazine rings is 1. The molecule has 144 valence electrons. The van der Waals surface area contributed by atoms with Gasteiger partial charge in [-0.15, -0.1) is 0 Å². The van der Waals surface area contributed by atoms with E-state index in [9.17, 15) is 4.79 Å². The number of anilines is 3. The highest BCUT2D eigenvalue weighted by atomic mass is 16.5. The number of nitrogens with one attached hydrogen (secondary N) is 1. The van der Waals surface area contributed by atoms with E-state index in [4.69, 9.17) is 10.5 Å². The zero-order chi connectivity index (χ0) is 19.4. The highest BCUT2D eigenvalue weighted by Gasteiger charge is 2.19. The summed E-state index contributed by atoms with van der Waals surface area (Å²) in [6, 6.07) is 11.0. The van der Waals surface area contributed by atoms with Crippen molar-refractivity contribution in [3.63, 3.8) is 0 Å². The van der Waals surface area contributed by atoms with Crippen LogP contribution in [0, 0.1) is 6.92 Å². The Hall–Kier alpha value is -2.73. The quantitative estimate of drug-likeness (QED) is 0.794. The molecule has 6 nitrogen and oxygen atoms in total. The van der Waals surface area contributed by atoms with Crippen molar-refractivity contribution in [1.82, 2.24) is 4.90 Å². The zero-order valence-electron chi connectivity index (χ0n) is 16.3. The van der Waals surface area contributed by atoms with Crippen LogP contribution in [0.1, 0.15) is 22.8 Å². The minimum atomic E-state index is -0.203. The first-order valence-electron chi connectivity index (χ1n) is 9.34. The Morgan fingerprint density at radius 1 is 1.19 bits per heavy atom. The molecule has 1 saturated heterocycles. The van der Waals surface area contributed by atoms with Crippen molar-refractivity contribution in [2.24, 2.45) is 0 Å². The van der Waals surface area contributed by atoms with Gasteiger partial charge in [-0.3, -0.25) is 4.79 Å². The third-order valence-corrected chi connectivity index (χ3v) is 5.11. The summed E-state index contributed by atoms with van der Waals surface area (Å²) in [5, 5.41) is 2.95. The lowest BCUT2D eigenvalue weighted by molar-refractivity contribution is 0.102. The predicted molar refractivity (Wildman–Crippen MR) is 111 cm³/mol. The molecule has 0 atom stereocenters. The van der Waals surface area contributed by atoms with E-state index < -0.39 is 0 Å². The number of hydrogen-bond donors (Lipinski definition) is 2. The molecule has 1 aliphatic heterocycles. The van der Waals surface area contributed by atoms with Gasteiger partial charge in [0.05, 0.1) is 18.5 Å². The van der Waals surface area contributed by atoms with Crippen molar-refractivity contribution in [2.75, 3.05) is 55.8 Å². The molecule has 1 heterocycles. The van der Waals surface area contributed by atoms with Crippen LogP contribution >= 0.6 is 0 Å². The van der Waals surface area contributed by atoms with Crippen LogP contribution in [0.4, 0.5) is 17.1 Å². The molecule has 1 fully saturated rings. The molecule has 0 bridgehead atoms. The number of nitrogen functional groups attached to an aromatic ring is 1. The van der Waals surface area contributed by atoms with Gasteiger partial charge in [0.15, 0.2) is 0 Å². The molecule has 1 aliphatic rings. The maximum atomic E-state index is 12.6. The van der Waals surface area contributed by atoms with Crippen molar-refractivity contribution < 1.29 is 9.53 Å². The number of aryl methyl sites for hydroxylation is 1. The summed E-state index contributed by atoms with van der Waals surface area (Å²) in [5.74, 6) is 0.445. The summed E-state index contributed by atoms with van der Waals surface area (Å²) in [4.78, 5) is 17.4. The number of carbonyl (C=O) groups is 1. The van der Waals surface area contributed by atoms with Gasteiger partial charge in [0, 0.05) is 37.4 Å². The Morgan fingerprint density at radius 2 is 1.93 bits per heavy atom. The van der Waals surface area contributed by atoms with Crippen molar-refractivity contribution >= 4 is 23.0 Å². The van der Waals surface area contributed by atoms with E-state index in [0.717, 1.165) is 44.0 Å². The second-order valence-corrected chi connectivity index (χ2v) is 6.83. The third-order valence-electron chi connectivity index (χ3n) is 5.11. The number of methoxy groups -OCH3 is 1. The highest BCUT2D eigenvalue weighted by molar-refractivity contribution is 6.06. The first-order valence-corrected chi connectivity index (χ1v) is 9.34. The fourth-order valence-corrected chi connectivity index (χ4v) is 3.43. The number of nitrogens with zero attached hydrogens (tertiary/aromatic N) is 2. The summed E-state index contributed by atoms with van der Waals surface area (Å²) in [5.41, 5.74) is 10.2. The van der Waals surface area contributed by atoms with E-state index >= 15 is 0 Å². The maximum absolute atomic E-state index is 12.6. The smallest absolute Gasteiger partial charge is 0.255 e. The second-order valence-electron chi connectivity index (χ2n) is 6.83. The van der Waals surface area contributed by atoms with Crippen LogP contribution in [0.15, 0.2) is 36.4 Å². The minimum Gasteiger partial charge on any atom is -0.497 e. The molecule has 0 aromatic heterocycles. The lowest BCUT2D eigenvalue weighted by atomic mass is 10.1. The molecule has 6 heteroatoms. The molecular weight excluding hydrogens is 340 g/mol. The van der Waals surface area contributed by atoms with E-state index in [1.54, 1.807) is 25.3 Å². The molecule has 0 radical (unpaired) electrons. The molecule has 27 heavy (non-hydrogen) atoms. The number of carbonyl (C=O) groups excluding carboxylic acids is 1. The molecule has 3 N–H and O–H groups in total. The van der Waals surface area contributed by atoms with E-state index in [2.05, 4.69) is 29.0 Å². The monoisotopic (exact) mass is 368 g/mol. The average Bonchev–Trinajstić information content (AvgIpc) is 2.70. The van der Waals surface area contributed by atoms with Gasteiger partial charge >= 0.3 is 0 Å². The Kier molecular flexibility index (Phi) is 5.86. The number of amides is 1. The maximum Gasteiger partial charge on any atom is 0.255 e. The lowest BCUT2D eigenvalue weighted by Gasteiger charge is -2.36. The molecule has 1 amide bonds. The second kappa shape index (κ2) is 8.31. The first kappa shape index (κ1) is 19.0. The normalized spacial score (nSPS) is 14.9. The number of rotatable bonds is 5. The summed E-state index contributed by atoms with van der Waals surface area (Å²) in [6.07, 6.45) is 0. The van der Waals surface area contributed by atoms with Crippen LogP contribution in [-0.2, 0) is 0 Å². The van der Waals surface area contributed by atoms with Crippen LogP contribution in [-0.4, -0.2) is 50.6 Å². The fourth-order valence-electron chi connectivity index (χ4n) is 3.43. The van der Waals surface area contributed by atoms with Crippen LogP contribution in [0.25, 0.3) is 0 Å². The Bertz CT molecular complexity index is 814. The van der Waals surface area contributed by atoms with Crippen LogP contribution < -0.4 is 20.7 Å². The molecule has 2 aromatic rings. The average molecular weight is 368 g/mol. The van der Waals surface area contributed by atoms with Gasteiger partial charge in [0.2, 0.25) is 0 Å². The van der Waals surface area contributed by atoms with E-state index in [0.29, 0.717) is 22.7 Å². The number of nitrogens with two attached hydrogens (primary N) is 1. The van der Waals surface area contributed by atoms with Gasteiger partial charge in [-0.25, -0.2) is 0 Å². The molecule has 0 unspecified atom stereocenters. The molecule has 0 spiro atoms. The Balaban J connectivity index is 1.80. The fraction of sp³-hybridized carbons (Fsp3) is 0.381. The van der Waals surface area contributed by atoms with E-state index in [1.807, 2.05) is 18.2 Å². The van der Waals surface area contributed by atoms with Gasteiger partial charge in [-0.1, -0.05) is 13.0 Å². The number of benzene rings is 2. The van der Waals surface area contributed by atoms with Gasteiger partial charge in [-0.05, 0) is 49.4 Å². The molecule has 2 aromatic carbocycles. The van der Waals surface area contributed by atoms with Crippen molar-refractivity contribution in [3.8, 4) is 5.75 Å². The molecular formula is C21H28N4O2. The first-order chi connectivity index (χ1) is 13.0. The zero-order valence-corrected chi connectivity index (χ0v) is 16.3. The van der Waals surface area contributed by atoms with Crippen molar-refractivity contribution in [1.29, 1.82) is 0 Å². The molecule has 0 saturated carbocycles. The van der Waals surface area contributed by atoms with Crippen molar-refractivity contribution in [2.45, 2.75) is 13.8 Å². The lowest BCUT2D eigenvalue weighted by Crippen LogP contribution is -2.46. The van der Waals surface area contributed by atoms with E-state index in [1.165, 1.54) is 0 Å². The third kappa shape index (κ3) is 4.34. The van der Waals surface area contributed by atoms with E-state index in [-0.39, 0.29) is 5.91 Å². The van der Waals surface area contributed by atoms with Crippen LogP contribution in [0.5, 0.6) is 5.75 Å². The summed E-state index contributed by atoms with van der Waals surface area (Å²) >= 11 is 0. The SMILES string of the molecule is CCN1CCN(c2cc(NC(=O)c3cccc(OC)c3)c(N)cc2C)CC1. The van der Waals surface area contributed by atoms with Crippen molar-refractivity contribution in [3.05, 3.63) is 47.5 Å². The minimum absolute atomic E-state index is 0.203. The van der Waals surface area contributed by atoms with Crippen LogP contribution in [0.3, 0.4) is 0 Å². The topological polar surface area (TPSA) is 70.8 Å². The predicted octanol–water partition coefficient (Wildman–Crippen LogP) is 2.98. The Labute approximate surface area is 160 Å². The van der Waals surface area contributed by atoms with Gasteiger partial charge in [-0.2, -0.15) is 0 Å². The summed E-state index contributed by atoms with van der Waals surface area (Å²) in [7, 11) is 1.58. The largest absolute Gasteiger partial charge is 0.497 e. The van der Waals surface area contributed by atoms with Gasteiger partial charge in [0.25, 0.3) is 5.91 Å². The van der Waals surface area contributed by atoms with Crippen LogP contribution in [0.2, 0.25) is 0 Å². The number of likely N-dealkylation sites (N-methyl/N-ethyl adjacent to an activating group) is 1. The highest BCUT2D eigenvalue weighted by Crippen LogP contribution is 2.31. The standard InChI is InChI=1S/C21H28N4O2/c1-4-24-8-10-25(11-9-24)20-14-19(18(22)12-15(20)2)23-21(26)16-6-5-7-17(13-16)27-3/h5-7,12-14H,4,8-11,22H2,1-3H3,(H,23,26).